The third-order valence-corrected chi connectivity index (χ3v) is 0.982. The number of allylic oxidation sites excluding steroid dienone is 4. The van der Waals surface area contributed by atoms with E-state index in [1.54, 1.807) is 24.3 Å². The fourth-order valence-electron chi connectivity index (χ4n) is 0.460. The molecular weight excluding hydrogens is 136 g/mol. The SMILES string of the molecule is C=CC=CC#C/C(C)=C/CO. The van der Waals surface area contributed by atoms with E-state index in [2.05, 4.69) is 18.4 Å². The van der Waals surface area contributed by atoms with Gasteiger partial charge in [-0.25, -0.2) is 0 Å². The second kappa shape index (κ2) is 6.85. The van der Waals surface area contributed by atoms with Crippen LogP contribution in [0.2, 0.25) is 0 Å². The topological polar surface area (TPSA) is 20.2 Å². The Morgan fingerprint density at radius 2 is 2.36 bits per heavy atom. The number of rotatable bonds is 2. The van der Waals surface area contributed by atoms with Crippen molar-refractivity contribution in [3.8, 4) is 11.8 Å². The van der Waals surface area contributed by atoms with Crippen LogP contribution in [0.15, 0.2) is 36.5 Å². The lowest BCUT2D eigenvalue weighted by Crippen LogP contribution is -1.75. The molecule has 0 aromatic rings. The van der Waals surface area contributed by atoms with Crippen molar-refractivity contribution >= 4 is 0 Å². The molecule has 0 saturated carbocycles. The summed E-state index contributed by atoms with van der Waals surface area (Å²) in [4.78, 5) is 0. The number of hydrogen-bond donors (Lipinski definition) is 1. The molecule has 11 heavy (non-hydrogen) atoms. The predicted molar refractivity (Wildman–Crippen MR) is 48.0 cm³/mol. The van der Waals surface area contributed by atoms with Gasteiger partial charge in [0.15, 0.2) is 0 Å². The van der Waals surface area contributed by atoms with Gasteiger partial charge in [-0.05, 0) is 24.6 Å². The minimum absolute atomic E-state index is 0.0473. The number of hydrogen-bond acceptors (Lipinski definition) is 1. The average Bonchev–Trinajstić information content (AvgIpc) is 1.99. The maximum absolute atomic E-state index is 8.46. The van der Waals surface area contributed by atoms with Crippen molar-refractivity contribution in [1.82, 2.24) is 0 Å². The summed E-state index contributed by atoms with van der Waals surface area (Å²) >= 11 is 0. The van der Waals surface area contributed by atoms with Gasteiger partial charge in [0.2, 0.25) is 0 Å². The molecule has 58 valence electrons. The van der Waals surface area contributed by atoms with Crippen molar-refractivity contribution < 1.29 is 5.11 Å². The molecule has 1 nitrogen and oxygen atoms in total. The molecule has 0 unspecified atom stereocenters. The van der Waals surface area contributed by atoms with E-state index in [-0.39, 0.29) is 6.61 Å². The van der Waals surface area contributed by atoms with Crippen molar-refractivity contribution in [3.05, 3.63) is 36.5 Å². The highest BCUT2D eigenvalue weighted by atomic mass is 16.2. The zero-order chi connectivity index (χ0) is 8.53. The number of aliphatic hydroxyl groups is 1. The Labute approximate surface area is 67.7 Å². The molecule has 0 aromatic heterocycles. The van der Waals surface area contributed by atoms with Crippen LogP contribution in [-0.4, -0.2) is 11.7 Å². The van der Waals surface area contributed by atoms with Crippen LogP contribution < -0.4 is 0 Å². The first-order valence-electron chi connectivity index (χ1n) is 3.38. The summed E-state index contributed by atoms with van der Waals surface area (Å²) in [7, 11) is 0. The van der Waals surface area contributed by atoms with Crippen LogP contribution in [0, 0.1) is 11.8 Å². The van der Waals surface area contributed by atoms with Gasteiger partial charge >= 0.3 is 0 Å². The van der Waals surface area contributed by atoms with Crippen LogP contribution in [0.4, 0.5) is 0 Å². The Kier molecular flexibility index (Phi) is 6.07. The molecule has 0 aromatic carbocycles. The van der Waals surface area contributed by atoms with E-state index in [4.69, 9.17) is 5.11 Å². The third-order valence-electron chi connectivity index (χ3n) is 0.982. The smallest absolute Gasteiger partial charge is 0.0624 e. The molecule has 0 spiro atoms. The molecule has 0 saturated heterocycles. The monoisotopic (exact) mass is 148 g/mol. The summed E-state index contributed by atoms with van der Waals surface area (Å²) in [6.07, 6.45) is 6.80. The highest BCUT2D eigenvalue weighted by Gasteiger charge is 1.75. The van der Waals surface area contributed by atoms with Gasteiger partial charge < -0.3 is 5.11 Å². The molecule has 1 heteroatoms. The first-order valence-corrected chi connectivity index (χ1v) is 3.38. The van der Waals surface area contributed by atoms with Gasteiger partial charge in [0.1, 0.15) is 0 Å². The van der Waals surface area contributed by atoms with Gasteiger partial charge in [-0.3, -0.25) is 0 Å². The summed E-state index contributed by atoms with van der Waals surface area (Å²) in [5, 5.41) is 8.46. The van der Waals surface area contributed by atoms with Crippen LogP contribution in [0.5, 0.6) is 0 Å². The normalized spacial score (nSPS) is 10.9. The van der Waals surface area contributed by atoms with E-state index in [1.165, 1.54) is 0 Å². The Balaban J connectivity index is 3.96. The Bertz CT molecular complexity index is 223. The van der Waals surface area contributed by atoms with E-state index in [0.29, 0.717) is 0 Å². The average molecular weight is 148 g/mol. The maximum Gasteiger partial charge on any atom is 0.0624 e. The maximum atomic E-state index is 8.46. The van der Waals surface area contributed by atoms with Crippen LogP contribution in [0.25, 0.3) is 0 Å². The van der Waals surface area contributed by atoms with Crippen molar-refractivity contribution in [2.75, 3.05) is 6.61 Å². The summed E-state index contributed by atoms with van der Waals surface area (Å²) in [5.74, 6) is 5.62. The molecule has 0 radical (unpaired) electrons. The fraction of sp³-hybridized carbons (Fsp3) is 0.200. The molecule has 0 aliphatic rings. The molecule has 0 aliphatic carbocycles. The molecule has 0 rings (SSSR count). The predicted octanol–water partition coefficient (Wildman–Crippen LogP) is 1.67. The molecule has 1 N–H and O–H groups in total. The zero-order valence-electron chi connectivity index (χ0n) is 6.67. The van der Waals surface area contributed by atoms with Crippen LogP contribution >= 0.6 is 0 Å². The van der Waals surface area contributed by atoms with E-state index in [0.717, 1.165) is 5.57 Å². The standard InChI is InChI=1S/C10H12O/c1-3-4-5-6-7-10(2)8-9-11/h3-5,8,11H,1,9H2,2H3/b5-4?,10-8+. The van der Waals surface area contributed by atoms with Gasteiger partial charge in [-0.15, -0.1) is 0 Å². The second-order valence-electron chi connectivity index (χ2n) is 1.93. The van der Waals surface area contributed by atoms with E-state index >= 15 is 0 Å². The molecule has 0 amide bonds. The molecule has 0 fully saturated rings. The third kappa shape index (κ3) is 6.63. The van der Waals surface area contributed by atoms with Gasteiger partial charge in [0.05, 0.1) is 6.61 Å². The molecule has 0 atom stereocenters. The zero-order valence-corrected chi connectivity index (χ0v) is 6.67. The highest BCUT2D eigenvalue weighted by Crippen LogP contribution is 1.86. The quantitative estimate of drug-likeness (QED) is 0.466. The van der Waals surface area contributed by atoms with Crippen molar-refractivity contribution in [1.29, 1.82) is 0 Å². The largest absolute Gasteiger partial charge is 0.392 e. The molecule has 0 aliphatic heterocycles. The number of aliphatic hydroxyl groups excluding tert-OH is 1. The Morgan fingerprint density at radius 3 is 2.91 bits per heavy atom. The fourth-order valence-corrected chi connectivity index (χ4v) is 0.460. The summed E-state index contributed by atoms with van der Waals surface area (Å²) < 4.78 is 0. The summed E-state index contributed by atoms with van der Waals surface area (Å²) in [6, 6.07) is 0. The Morgan fingerprint density at radius 1 is 1.64 bits per heavy atom. The van der Waals surface area contributed by atoms with Crippen LogP contribution in [-0.2, 0) is 0 Å². The van der Waals surface area contributed by atoms with Gasteiger partial charge in [0, 0.05) is 0 Å². The Hall–Kier alpha value is -1.26. The van der Waals surface area contributed by atoms with E-state index in [9.17, 15) is 0 Å². The lowest BCUT2D eigenvalue weighted by atomic mass is 10.3. The first kappa shape index (κ1) is 9.74. The molecule has 0 heterocycles. The second-order valence-corrected chi connectivity index (χ2v) is 1.93. The van der Waals surface area contributed by atoms with Gasteiger partial charge in [0.25, 0.3) is 0 Å². The minimum atomic E-state index is 0.0473. The van der Waals surface area contributed by atoms with Crippen molar-refractivity contribution in [2.24, 2.45) is 0 Å². The lowest BCUT2D eigenvalue weighted by molar-refractivity contribution is 0.342. The van der Waals surface area contributed by atoms with Gasteiger partial charge in [-0.1, -0.05) is 30.6 Å². The van der Waals surface area contributed by atoms with Crippen LogP contribution in [0.1, 0.15) is 6.92 Å². The summed E-state index contributed by atoms with van der Waals surface area (Å²) in [6.45, 7) is 5.40. The molecule has 0 bridgehead atoms. The highest BCUT2D eigenvalue weighted by molar-refractivity contribution is 5.31. The summed E-state index contributed by atoms with van der Waals surface area (Å²) in [5.41, 5.74) is 0.876. The van der Waals surface area contributed by atoms with E-state index in [1.807, 2.05) is 6.92 Å². The van der Waals surface area contributed by atoms with Gasteiger partial charge in [-0.2, -0.15) is 0 Å². The van der Waals surface area contributed by atoms with Crippen molar-refractivity contribution in [2.45, 2.75) is 6.92 Å². The van der Waals surface area contributed by atoms with E-state index < -0.39 is 0 Å². The van der Waals surface area contributed by atoms with Crippen molar-refractivity contribution in [3.63, 3.8) is 0 Å². The molecular formula is C10H12O. The van der Waals surface area contributed by atoms with Crippen LogP contribution in [0.3, 0.4) is 0 Å². The first-order chi connectivity index (χ1) is 5.31. The lowest BCUT2D eigenvalue weighted by Gasteiger charge is -1.81. The minimum Gasteiger partial charge on any atom is -0.392 e.